The molecule has 0 saturated carbocycles. The van der Waals surface area contributed by atoms with Crippen LogP contribution in [0.2, 0.25) is 0 Å². The summed E-state index contributed by atoms with van der Waals surface area (Å²) in [7, 11) is 11.2. The van der Waals surface area contributed by atoms with Crippen molar-refractivity contribution >= 4 is 21.7 Å². The number of aliphatic hydroxyl groups is 6. The van der Waals surface area contributed by atoms with Crippen LogP contribution in [0, 0.1) is 23.7 Å². The largest absolute Gasteiger partial charge is 0.458 e. The van der Waals surface area contributed by atoms with Crippen molar-refractivity contribution in [1.29, 1.82) is 0 Å². The molecule has 11 unspecified atom stereocenters. The average Bonchev–Trinajstić information content (AvgIpc) is 1.61. The Labute approximate surface area is 634 Å². The second-order valence-electron chi connectivity index (χ2n) is 34.5. The Morgan fingerprint density at radius 1 is 0.370 bits per heavy atom. The van der Waals surface area contributed by atoms with Gasteiger partial charge in [0, 0.05) is 36.6 Å². The molecule has 0 bridgehead atoms. The van der Waals surface area contributed by atoms with E-state index >= 15 is 0 Å². The van der Waals surface area contributed by atoms with Gasteiger partial charge in [-0.2, -0.15) is 0 Å². The van der Waals surface area contributed by atoms with Crippen LogP contribution in [0.15, 0.2) is 0 Å². The first-order chi connectivity index (χ1) is 50.1. The van der Waals surface area contributed by atoms with Gasteiger partial charge in [0.15, 0.2) is 77.7 Å². The highest BCUT2D eigenvalue weighted by Crippen LogP contribution is 2.48. The molecule has 18 aliphatic heterocycles. The van der Waals surface area contributed by atoms with Gasteiger partial charge >= 0.3 is 5.97 Å². The summed E-state index contributed by atoms with van der Waals surface area (Å²) in [5.41, 5.74) is 0. The van der Waals surface area contributed by atoms with Crippen LogP contribution in [0.25, 0.3) is 0 Å². The van der Waals surface area contributed by atoms with E-state index in [-0.39, 0.29) is 110 Å². The minimum atomic E-state index is -0.874. The van der Waals surface area contributed by atoms with E-state index in [2.05, 4.69) is 6.92 Å². The van der Waals surface area contributed by atoms with Crippen LogP contribution in [0.5, 0.6) is 0 Å². The maximum atomic E-state index is 10.8. The van der Waals surface area contributed by atoms with Gasteiger partial charge in [-0.15, -0.1) is 0 Å². The molecular weight excluding hydrogens is 1430 g/mol. The van der Waals surface area contributed by atoms with Gasteiger partial charge < -0.3 is 159 Å². The van der Waals surface area contributed by atoms with E-state index in [0.717, 1.165) is 0 Å². The zero-order valence-electron chi connectivity index (χ0n) is 65.9. The van der Waals surface area contributed by atoms with Gasteiger partial charge in [0.05, 0.1) is 76.7 Å². The van der Waals surface area contributed by atoms with E-state index in [4.69, 9.17) is 149 Å². The maximum Gasteiger partial charge on any atom is 0.303 e. The Kier molecular flexibility index (Phi) is 25.6. The normalized spacial score (nSPS) is 49.9. The summed E-state index contributed by atoms with van der Waals surface area (Å²) in [4.78, 5) is 10.8. The molecule has 18 aliphatic rings. The number of esters is 1. The summed E-state index contributed by atoms with van der Waals surface area (Å²) in [6, 6.07) is -1.12. The topological polar surface area (TPSA) is 388 Å². The predicted octanol–water partition coefficient (Wildman–Crippen LogP) is 0.997. The Hall–Kier alpha value is -1.68. The zero-order valence-corrected chi connectivity index (χ0v) is 65.9. The summed E-state index contributed by atoms with van der Waals surface area (Å²) in [5.74, 6) is -4.45. The number of carbonyl (C=O) groups excluding carboxylic acids is 1. The van der Waals surface area contributed by atoms with Crippen molar-refractivity contribution in [3.8, 4) is 0 Å². The molecule has 0 aliphatic carbocycles. The second kappa shape index (κ2) is 32.3. The number of carbonyl (C=O) groups is 1. The summed E-state index contributed by atoms with van der Waals surface area (Å²) in [6.45, 7) is 41.7. The molecule has 18 fully saturated rings. The molecule has 0 aromatic carbocycles. The van der Waals surface area contributed by atoms with Crippen molar-refractivity contribution in [3.63, 3.8) is 0 Å². The molecule has 0 amide bonds. The first-order valence-electron chi connectivity index (χ1n) is 38.0. The molecule has 18 saturated heterocycles. The predicted molar refractivity (Wildman–Crippen MR) is 366 cm³/mol. The van der Waals surface area contributed by atoms with Gasteiger partial charge in [0.25, 0.3) is 0 Å². The Bertz CT molecular complexity index is 2850. The molecule has 18 heterocycles. The number of fused-ring (bicyclic) bond motifs is 9. The van der Waals surface area contributed by atoms with Crippen LogP contribution in [0.1, 0.15) is 145 Å². The molecule has 18 rings (SSSR count). The third kappa shape index (κ3) is 19.0. The molecule has 35 atom stereocenters. The van der Waals surface area contributed by atoms with E-state index in [1.807, 2.05) is 104 Å². The first-order valence-corrected chi connectivity index (χ1v) is 38.0. The standard InChI is InChI=1S/C13H22O5.2C12H20O6.C10H18O5.C9H13BO4.C9H14O5.C7H11BO3/c1-7-9(8-6-14-12(2,3)16-8)15-11-10(7)17-13(4,5)18-11;2*1-11(2)14-5-6(16-11)8-7(13)9-10(15-8)18-12(3,4)17-9;1-5-7(6(12)4-11)13-9-8(5)14-10(2,3)15-9;1-4-3-12-7-6(4)14-9(10)8(7)13-5(2)11;1-9(2)13-7-6-5(4(10)3-11-6)12-8(7)14-9;1-3-2-10-6-4(9)7(8)11-5(3)6/h7-11H,6H2,1-5H3;2*6-10,13H,5H2,1-4H3;5-9,11-12H,4H2,1-3H3;4,6-9H,3H2,1-2H3;4-8,10H,3H2,1-2H3;3-7,9H,2H2,1H3/t7-,8?,9?,10-,11-;6?,7-,8?,9+,10+;6?,7-,8?,9-,10-;5-,6?,7?,8-,9-;4-,6?,7+,8-,9-;4-,5?,6+,7-,8-;3-,4-,5?,6-,7-/m1011111/s1. The molecule has 6 N–H and O–H groups in total. The number of aliphatic hydroxyl groups excluding tert-OH is 6. The van der Waals surface area contributed by atoms with Crippen LogP contribution in [-0.4, -0.2) is 335 Å². The summed E-state index contributed by atoms with van der Waals surface area (Å²) in [5, 5.41) is 57.8. The van der Waals surface area contributed by atoms with Gasteiger partial charge in [-0.1, -0.05) is 27.7 Å². The minimum absolute atomic E-state index is 0.000000000000000222. The summed E-state index contributed by atoms with van der Waals surface area (Å²) >= 11 is 0. The van der Waals surface area contributed by atoms with Crippen LogP contribution in [0.4, 0.5) is 0 Å². The highest BCUT2D eigenvalue weighted by atomic mass is 16.9. The van der Waals surface area contributed by atoms with Crippen LogP contribution in [0.3, 0.4) is 0 Å². The monoisotopic (exact) mass is 1550 g/mol. The molecule has 36 heteroatoms. The lowest BCUT2D eigenvalue weighted by atomic mass is 9.92. The first kappa shape index (κ1) is 85.7. The maximum absolute atomic E-state index is 10.8. The smallest absolute Gasteiger partial charge is 0.303 e. The number of hydrogen-bond donors (Lipinski definition) is 6. The molecule has 616 valence electrons. The average molecular weight is 1550 g/mol. The number of rotatable bonds is 6. The van der Waals surface area contributed by atoms with Crippen molar-refractivity contribution in [3.05, 3.63) is 0 Å². The van der Waals surface area contributed by atoms with E-state index in [1.54, 1.807) is 27.7 Å². The Morgan fingerprint density at radius 3 is 1.14 bits per heavy atom. The van der Waals surface area contributed by atoms with Crippen molar-refractivity contribution < 1.29 is 163 Å². The molecule has 108 heavy (non-hydrogen) atoms. The highest BCUT2D eigenvalue weighted by molar-refractivity contribution is 6.12. The quantitative estimate of drug-likeness (QED) is 0.160. The lowest BCUT2D eigenvalue weighted by Gasteiger charge is -2.27. The molecular formula is C72H118B2O34. The third-order valence-electron chi connectivity index (χ3n) is 21.7. The van der Waals surface area contributed by atoms with E-state index in [9.17, 15) is 30.3 Å². The van der Waals surface area contributed by atoms with Crippen molar-refractivity contribution in [1.82, 2.24) is 0 Å². The van der Waals surface area contributed by atoms with Crippen LogP contribution >= 0.6 is 0 Å². The van der Waals surface area contributed by atoms with Crippen molar-refractivity contribution in [2.24, 2.45) is 23.7 Å². The molecule has 0 aromatic rings. The Balaban J connectivity index is 0.000000118. The van der Waals surface area contributed by atoms with E-state index < -0.39 is 151 Å². The highest BCUT2D eigenvalue weighted by Gasteiger charge is 2.63. The second-order valence-corrected chi connectivity index (χ2v) is 34.5. The van der Waals surface area contributed by atoms with Gasteiger partial charge in [0.2, 0.25) is 0 Å². The molecule has 4 radical (unpaired) electrons. The lowest BCUT2D eigenvalue weighted by Crippen LogP contribution is -2.42. The summed E-state index contributed by atoms with van der Waals surface area (Å²) in [6.07, 6.45) is -10.5. The SMILES string of the molecule is CC1(C)OCC(C2O[C@@H]3OC(C)(C)O[C@@H]3[C@@H]2O)O1.CC1(C)OCC(C2O[C@@H]3OC(C)(C)O[C@@H]3[C@H]2O)O1.CC1(C)O[C@H]2OC3[C@H](O)CO[C@@H]3[C@H]2O1.C[C@@H]1C(C(O)CO)O[C@@H]2OC(C)(C)O[C@@H]21.C[C@@H]1C(C2COC(C)(C)O2)O[C@@H]2OC(C)(C)O[C@@H]21.[B][C@@H]1OC2[C@H](C)CO[C@@H]2[C@H]1O.[B][C@@H]1OC2[C@H](C)CO[C@@H]2[C@H]1OC(C)=O. The van der Waals surface area contributed by atoms with Gasteiger partial charge in [-0.3, -0.25) is 4.79 Å². The fourth-order valence-electron chi connectivity index (χ4n) is 16.7. The van der Waals surface area contributed by atoms with E-state index in [1.165, 1.54) is 6.92 Å². The molecule has 0 aromatic heterocycles. The minimum Gasteiger partial charge on any atom is -0.458 e. The van der Waals surface area contributed by atoms with Gasteiger partial charge in [-0.25, -0.2) is 0 Å². The number of hydrogen-bond acceptors (Lipinski definition) is 34. The van der Waals surface area contributed by atoms with Gasteiger partial charge in [-0.05, 0) is 111 Å². The fraction of sp³-hybridized carbons (Fsp3) is 0.986. The molecule has 0 spiro atoms. The third-order valence-corrected chi connectivity index (χ3v) is 21.7. The van der Waals surface area contributed by atoms with E-state index in [0.29, 0.717) is 51.5 Å². The van der Waals surface area contributed by atoms with Gasteiger partial charge in [0.1, 0.15) is 138 Å². The summed E-state index contributed by atoms with van der Waals surface area (Å²) < 4.78 is 151. The van der Waals surface area contributed by atoms with Crippen LogP contribution in [-0.2, 0) is 133 Å². The van der Waals surface area contributed by atoms with Crippen molar-refractivity contribution in [2.45, 2.75) is 382 Å². The Morgan fingerprint density at radius 2 is 0.731 bits per heavy atom. The van der Waals surface area contributed by atoms with Crippen LogP contribution < -0.4 is 0 Å². The molecule has 34 nitrogen and oxygen atoms in total. The number of ether oxygens (including phenoxy) is 27. The fourth-order valence-corrected chi connectivity index (χ4v) is 16.7. The van der Waals surface area contributed by atoms with Crippen molar-refractivity contribution in [2.75, 3.05) is 46.2 Å². The lowest BCUT2D eigenvalue weighted by molar-refractivity contribution is -0.232. The zero-order chi connectivity index (χ0) is 78.8.